The highest BCUT2D eigenvalue weighted by molar-refractivity contribution is 9.09. The molecule has 0 fully saturated rings. The van der Waals surface area contributed by atoms with Crippen molar-refractivity contribution in [1.82, 2.24) is 0 Å². The molecule has 0 atom stereocenters. The van der Waals surface area contributed by atoms with Crippen molar-refractivity contribution >= 4 is 21.9 Å². The predicted molar refractivity (Wildman–Crippen MR) is 59.4 cm³/mol. The van der Waals surface area contributed by atoms with E-state index in [9.17, 15) is 4.79 Å². The van der Waals surface area contributed by atoms with Gasteiger partial charge in [0.15, 0.2) is 0 Å². The first-order valence-corrected chi connectivity index (χ1v) is 5.34. The van der Waals surface area contributed by atoms with Crippen LogP contribution >= 0.6 is 15.9 Å². The number of ether oxygens (including phenoxy) is 1. The molecule has 0 aliphatic rings. The molecule has 0 amide bonds. The number of esters is 1. The van der Waals surface area contributed by atoms with Crippen molar-refractivity contribution in [3.05, 3.63) is 47.7 Å². The van der Waals surface area contributed by atoms with Gasteiger partial charge < -0.3 is 4.74 Å². The van der Waals surface area contributed by atoms with Crippen LogP contribution in [0.15, 0.2) is 42.2 Å². The fraction of sp³-hybridized carbons (Fsp3) is 0.182. The molecule has 74 valence electrons. The molecule has 0 N–H and O–H groups in total. The van der Waals surface area contributed by atoms with Gasteiger partial charge in [0.05, 0.1) is 11.8 Å². The minimum Gasteiger partial charge on any atom is -0.431 e. The lowest BCUT2D eigenvalue weighted by Gasteiger charge is -1.99. The molecule has 2 nitrogen and oxygen atoms in total. The SMILES string of the molecule is C/C(=C\OC(=O)c1ccccc1)CBr. The van der Waals surface area contributed by atoms with Crippen molar-refractivity contribution in [2.75, 3.05) is 5.33 Å². The lowest BCUT2D eigenvalue weighted by atomic mass is 10.2. The third-order valence-corrected chi connectivity index (χ3v) is 2.47. The monoisotopic (exact) mass is 254 g/mol. The number of rotatable bonds is 3. The Hall–Kier alpha value is -1.09. The first-order chi connectivity index (χ1) is 6.74. The van der Waals surface area contributed by atoms with Crippen molar-refractivity contribution < 1.29 is 9.53 Å². The number of allylic oxidation sites excluding steroid dienone is 1. The largest absolute Gasteiger partial charge is 0.431 e. The number of hydrogen-bond donors (Lipinski definition) is 0. The van der Waals surface area contributed by atoms with E-state index in [0.717, 1.165) is 5.57 Å². The van der Waals surface area contributed by atoms with E-state index in [1.165, 1.54) is 6.26 Å². The second kappa shape index (κ2) is 5.60. The Morgan fingerprint density at radius 1 is 1.43 bits per heavy atom. The molecule has 14 heavy (non-hydrogen) atoms. The molecular weight excluding hydrogens is 244 g/mol. The quantitative estimate of drug-likeness (QED) is 0.471. The summed E-state index contributed by atoms with van der Waals surface area (Å²) in [6.45, 7) is 1.88. The van der Waals surface area contributed by atoms with Crippen LogP contribution in [0.4, 0.5) is 0 Å². The topological polar surface area (TPSA) is 26.3 Å². The minimum atomic E-state index is -0.328. The molecule has 0 aromatic heterocycles. The van der Waals surface area contributed by atoms with Crippen LogP contribution in [0, 0.1) is 0 Å². The van der Waals surface area contributed by atoms with Gasteiger partial charge in [0.1, 0.15) is 0 Å². The van der Waals surface area contributed by atoms with Crippen molar-refractivity contribution in [2.45, 2.75) is 6.92 Å². The number of carbonyl (C=O) groups is 1. The zero-order chi connectivity index (χ0) is 10.4. The van der Waals surface area contributed by atoms with Crippen LogP contribution in [0.25, 0.3) is 0 Å². The fourth-order valence-corrected chi connectivity index (χ4v) is 0.960. The van der Waals surface area contributed by atoms with Crippen LogP contribution in [0.1, 0.15) is 17.3 Å². The number of carbonyl (C=O) groups excluding carboxylic acids is 1. The summed E-state index contributed by atoms with van der Waals surface area (Å²) < 4.78 is 4.95. The van der Waals surface area contributed by atoms with Crippen LogP contribution < -0.4 is 0 Å². The van der Waals surface area contributed by atoms with Gasteiger partial charge in [0.25, 0.3) is 0 Å². The Bertz CT molecular complexity index is 330. The van der Waals surface area contributed by atoms with Gasteiger partial charge in [-0.05, 0) is 24.6 Å². The normalized spacial score (nSPS) is 11.1. The Kier molecular flexibility index (Phi) is 4.40. The highest BCUT2D eigenvalue weighted by atomic mass is 79.9. The molecule has 0 spiro atoms. The van der Waals surface area contributed by atoms with Crippen LogP contribution in [-0.2, 0) is 4.74 Å². The summed E-state index contributed by atoms with van der Waals surface area (Å²) in [7, 11) is 0. The summed E-state index contributed by atoms with van der Waals surface area (Å²) in [5.74, 6) is -0.328. The Morgan fingerprint density at radius 3 is 2.64 bits per heavy atom. The van der Waals surface area contributed by atoms with Gasteiger partial charge in [-0.25, -0.2) is 4.79 Å². The smallest absolute Gasteiger partial charge is 0.342 e. The van der Waals surface area contributed by atoms with Gasteiger partial charge in [-0.1, -0.05) is 34.1 Å². The van der Waals surface area contributed by atoms with Gasteiger partial charge >= 0.3 is 5.97 Å². The van der Waals surface area contributed by atoms with Gasteiger partial charge in [0.2, 0.25) is 0 Å². The second-order valence-electron chi connectivity index (χ2n) is 2.87. The summed E-state index contributed by atoms with van der Waals surface area (Å²) in [5.41, 5.74) is 1.53. The first-order valence-electron chi connectivity index (χ1n) is 4.21. The second-order valence-corrected chi connectivity index (χ2v) is 3.43. The number of alkyl halides is 1. The number of benzene rings is 1. The zero-order valence-electron chi connectivity index (χ0n) is 7.87. The van der Waals surface area contributed by atoms with E-state index < -0.39 is 0 Å². The van der Waals surface area contributed by atoms with Crippen molar-refractivity contribution in [1.29, 1.82) is 0 Å². The molecule has 0 bridgehead atoms. The summed E-state index contributed by atoms with van der Waals surface area (Å²) >= 11 is 3.26. The van der Waals surface area contributed by atoms with Gasteiger partial charge in [-0.3, -0.25) is 0 Å². The predicted octanol–water partition coefficient (Wildman–Crippen LogP) is 3.14. The van der Waals surface area contributed by atoms with E-state index in [-0.39, 0.29) is 5.97 Å². The lowest BCUT2D eigenvalue weighted by Crippen LogP contribution is -2.00. The summed E-state index contributed by atoms with van der Waals surface area (Å²) in [6.07, 6.45) is 1.46. The average molecular weight is 255 g/mol. The maximum absolute atomic E-state index is 11.4. The summed E-state index contributed by atoms with van der Waals surface area (Å²) in [6, 6.07) is 8.91. The molecular formula is C11H11BrO2. The zero-order valence-corrected chi connectivity index (χ0v) is 9.45. The molecule has 0 unspecified atom stereocenters. The molecule has 3 heteroatoms. The first kappa shape index (κ1) is 11.0. The van der Waals surface area contributed by atoms with E-state index in [1.807, 2.05) is 13.0 Å². The van der Waals surface area contributed by atoms with Gasteiger partial charge in [-0.15, -0.1) is 0 Å². The maximum atomic E-state index is 11.4. The van der Waals surface area contributed by atoms with E-state index in [4.69, 9.17) is 4.74 Å². The van der Waals surface area contributed by atoms with E-state index >= 15 is 0 Å². The molecule has 0 aliphatic carbocycles. The fourth-order valence-electron chi connectivity index (χ4n) is 0.828. The Labute approximate surface area is 91.7 Å². The lowest BCUT2D eigenvalue weighted by molar-refractivity contribution is 0.0660. The third-order valence-electron chi connectivity index (χ3n) is 1.59. The third kappa shape index (κ3) is 3.34. The highest BCUT2D eigenvalue weighted by Gasteiger charge is 2.03. The molecule has 0 heterocycles. The van der Waals surface area contributed by atoms with Crippen LogP contribution in [0.3, 0.4) is 0 Å². The van der Waals surface area contributed by atoms with Crippen molar-refractivity contribution in [3.8, 4) is 0 Å². The standard InChI is InChI=1S/C11H11BrO2/c1-9(7-12)8-14-11(13)10-5-3-2-4-6-10/h2-6,8H,7H2,1H3/b9-8+. The van der Waals surface area contributed by atoms with Gasteiger partial charge in [0, 0.05) is 5.33 Å². The summed E-state index contributed by atoms with van der Waals surface area (Å²) in [5, 5.41) is 0.703. The van der Waals surface area contributed by atoms with Crippen LogP contribution in [0.2, 0.25) is 0 Å². The summed E-state index contributed by atoms with van der Waals surface area (Å²) in [4.78, 5) is 11.4. The number of hydrogen-bond acceptors (Lipinski definition) is 2. The number of halogens is 1. The average Bonchev–Trinajstić information content (AvgIpc) is 2.26. The van der Waals surface area contributed by atoms with Crippen LogP contribution in [-0.4, -0.2) is 11.3 Å². The molecule has 0 radical (unpaired) electrons. The van der Waals surface area contributed by atoms with Crippen molar-refractivity contribution in [2.24, 2.45) is 0 Å². The van der Waals surface area contributed by atoms with E-state index in [2.05, 4.69) is 15.9 Å². The van der Waals surface area contributed by atoms with E-state index in [1.54, 1.807) is 24.3 Å². The van der Waals surface area contributed by atoms with Crippen molar-refractivity contribution in [3.63, 3.8) is 0 Å². The minimum absolute atomic E-state index is 0.328. The molecule has 0 saturated carbocycles. The molecule has 1 aromatic carbocycles. The molecule has 0 saturated heterocycles. The molecule has 1 rings (SSSR count). The Balaban J connectivity index is 2.60. The van der Waals surface area contributed by atoms with Crippen LogP contribution in [0.5, 0.6) is 0 Å². The molecule has 1 aromatic rings. The maximum Gasteiger partial charge on any atom is 0.342 e. The van der Waals surface area contributed by atoms with Gasteiger partial charge in [-0.2, -0.15) is 0 Å². The molecule has 0 aliphatic heterocycles. The van der Waals surface area contributed by atoms with E-state index in [0.29, 0.717) is 10.9 Å². The Morgan fingerprint density at radius 2 is 2.07 bits per heavy atom. The highest BCUT2D eigenvalue weighted by Crippen LogP contribution is 2.03.